The molecular formula is C62H69B6N4O7Pt-3. The number of benzene rings is 6. The second-order valence-corrected chi connectivity index (χ2v) is 26.6. The fourth-order valence-electron chi connectivity index (χ4n) is 10.3. The van der Waals surface area contributed by atoms with E-state index in [1.165, 1.54) is 5.56 Å². The Morgan fingerprint density at radius 1 is 0.487 bits per heavy atom. The van der Waals surface area contributed by atoms with E-state index in [2.05, 4.69) is 228 Å². The Kier molecular flexibility index (Phi) is 15.6. The van der Waals surface area contributed by atoms with E-state index in [1.807, 2.05) is 48.7 Å². The molecule has 8 aromatic rings. The van der Waals surface area contributed by atoms with Crippen molar-refractivity contribution in [3.63, 3.8) is 0 Å². The van der Waals surface area contributed by atoms with Gasteiger partial charge in [0.1, 0.15) is 5.82 Å². The fourth-order valence-corrected chi connectivity index (χ4v) is 10.3. The van der Waals surface area contributed by atoms with Crippen molar-refractivity contribution < 1.29 is 53.2 Å². The van der Waals surface area contributed by atoms with E-state index in [4.69, 9.17) is 37.2 Å². The van der Waals surface area contributed by atoms with E-state index in [0.29, 0.717) is 11.5 Å². The molecule has 6 aromatic carbocycles. The Balaban J connectivity index is 0.00000720. The third-order valence-corrected chi connectivity index (χ3v) is 14.6. The van der Waals surface area contributed by atoms with Crippen LogP contribution in [-0.2, 0) is 53.9 Å². The zero-order chi connectivity index (χ0) is 56.0. The molecule has 0 bridgehead atoms. The van der Waals surface area contributed by atoms with E-state index in [0.717, 1.165) is 72.4 Å². The maximum atomic E-state index is 6.91. The van der Waals surface area contributed by atoms with Crippen LogP contribution in [0.3, 0.4) is 0 Å². The number of hydrogen-bond donors (Lipinski definition) is 0. The summed E-state index contributed by atoms with van der Waals surface area (Å²) in [6, 6.07) is 53.3. The van der Waals surface area contributed by atoms with Crippen molar-refractivity contribution in [2.75, 3.05) is 9.80 Å². The summed E-state index contributed by atoms with van der Waals surface area (Å²) in [7, 11) is -3.97. The number of aromatic nitrogens is 2. The molecule has 0 radical (unpaired) electrons. The van der Waals surface area contributed by atoms with Gasteiger partial charge in [-0.25, -0.2) is 4.98 Å². The molecule has 0 saturated carbocycles. The van der Waals surface area contributed by atoms with Crippen molar-refractivity contribution in [3.05, 3.63) is 164 Å². The van der Waals surface area contributed by atoms with Gasteiger partial charge in [0.05, 0.1) is 0 Å². The largest absolute Gasteiger partial charge is 0.509 e. The molecule has 5 heterocycles. The van der Waals surface area contributed by atoms with E-state index in [9.17, 15) is 0 Å². The van der Waals surface area contributed by atoms with Gasteiger partial charge in [-0.1, -0.05) is 182 Å². The zero-order valence-electron chi connectivity index (χ0n) is 48.8. The summed E-state index contributed by atoms with van der Waals surface area (Å²) in [5, 5.41) is 0.669. The molecule has 2 saturated heterocycles. The van der Waals surface area contributed by atoms with Gasteiger partial charge in [0.15, 0.2) is 0 Å². The summed E-state index contributed by atoms with van der Waals surface area (Å²) in [4.78, 5) is 9.27. The van der Waals surface area contributed by atoms with Crippen LogP contribution in [0.2, 0.25) is 21.3 Å². The second kappa shape index (κ2) is 21.7. The number of nitrogens with zero attached hydrogens (tertiary/aromatic N) is 4. The Bertz CT molecular complexity index is 3440. The molecule has 0 N–H and O–H groups in total. The van der Waals surface area contributed by atoms with Crippen molar-refractivity contribution in [2.24, 2.45) is 0 Å². The standard InChI is InChI=1S/C62H69B6N4O7.Pt/c1-58(2,3)44-35-36-69-56(38-44)72-52-34-31-43(42-23-17-16-18-24-42)37-49(52)48-33-32-47(40-55(48)72)73-46-26-21-25-45(39-46)70-41-71(54-30-20-19-29-53(54)70)57-50(63-74-65(59(4,5)6)78-66(75-63)60(7,8)9)27-22-28-51(57)64-76-67(61(10,11)12)79-68(77-64)62(13,14)15;/h16-38,41H,1-15H3;/q-3;. The summed E-state index contributed by atoms with van der Waals surface area (Å²) < 4.78 is 49.8. The Morgan fingerprint density at radius 3 is 1.59 bits per heavy atom. The molecular weight excluding hydrogens is 1170 g/mol. The first-order valence-corrected chi connectivity index (χ1v) is 27.6. The van der Waals surface area contributed by atoms with E-state index in [1.54, 1.807) is 0 Å². The minimum absolute atomic E-state index is 0. The maximum Gasteiger partial charge on any atom is 0.468 e. The average Bonchev–Trinajstić information content (AvgIpc) is 4.07. The van der Waals surface area contributed by atoms with Gasteiger partial charge in [-0.15, -0.1) is 48.1 Å². The van der Waals surface area contributed by atoms with Crippen LogP contribution in [-0.4, -0.2) is 52.3 Å². The molecule has 0 amide bonds. The number of para-hydroxylation sites is 3. The van der Waals surface area contributed by atoms with Crippen molar-refractivity contribution in [1.82, 2.24) is 9.55 Å². The molecule has 0 aliphatic carbocycles. The Hall–Kier alpha value is -5.49. The van der Waals surface area contributed by atoms with Crippen molar-refractivity contribution >= 4 is 98.2 Å². The minimum Gasteiger partial charge on any atom is -0.509 e. The van der Waals surface area contributed by atoms with Crippen LogP contribution in [0, 0.1) is 18.8 Å². The van der Waals surface area contributed by atoms with Crippen LogP contribution < -0.4 is 25.5 Å². The van der Waals surface area contributed by atoms with Gasteiger partial charge in [0, 0.05) is 72.3 Å². The predicted octanol–water partition coefficient (Wildman–Crippen LogP) is 14.6. The first-order valence-electron chi connectivity index (χ1n) is 27.6. The van der Waals surface area contributed by atoms with Gasteiger partial charge in [0.25, 0.3) is 0 Å². The van der Waals surface area contributed by atoms with Gasteiger partial charge < -0.3 is 46.5 Å². The van der Waals surface area contributed by atoms with Crippen LogP contribution >= 0.6 is 0 Å². The van der Waals surface area contributed by atoms with Crippen molar-refractivity contribution in [2.45, 2.75) is 131 Å². The van der Waals surface area contributed by atoms with Gasteiger partial charge in [-0.2, -0.15) is 12.1 Å². The normalized spacial score (nSPS) is 15.8. The zero-order valence-corrected chi connectivity index (χ0v) is 51.1. The van der Waals surface area contributed by atoms with Crippen LogP contribution in [0.1, 0.15) is 109 Å². The maximum absolute atomic E-state index is 6.91. The third kappa shape index (κ3) is 11.5. The fraction of sp³-hybridized carbons (Fsp3) is 0.323. The average molecular weight is 1240 g/mol. The van der Waals surface area contributed by atoms with Crippen LogP contribution in [0.4, 0.5) is 22.7 Å². The number of fused-ring (bicyclic) bond motifs is 4. The van der Waals surface area contributed by atoms with Crippen LogP contribution in [0.15, 0.2) is 140 Å². The topological polar surface area (TPSA) is 88.9 Å². The second-order valence-electron chi connectivity index (χ2n) is 26.6. The Morgan fingerprint density at radius 2 is 1.02 bits per heavy atom. The molecule has 410 valence electrons. The number of hydrogen-bond acceptors (Lipinski definition) is 10. The number of anilines is 4. The molecule has 3 aliphatic heterocycles. The molecule has 18 heteroatoms. The van der Waals surface area contributed by atoms with E-state index >= 15 is 0 Å². The molecule has 2 fully saturated rings. The molecule has 11 nitrogen and oxygen atoms in total. The summed E-state index contributed by atoms with van der Waals surface area (Å²) in [6.07, 6.45) is 1.90. The minimum atomic E-state index is -0.830. The molecule has 80 heavy (non-hydrogen) atoms. The van der Waals surface area contributed by atoms with Crippen LogP contribution in [0.25, 0.3) is 38.8 Å². The predicted molar refractivity (Wildman–Crippen MR) is 328 cm³/mol. The number of ether oxygens (including phenoxy) is 1. The molecule has 2 aromatic heterocycles. The van der Waals surface area contributed by atoms with Gasteiger partial charge in [0.2, 0.25) is 0 Å². The number of pyridine rings is 1. The molecule has 0 spiro atoms. The van der Waals surface area contributed by atoms with Crippen LogP contribution in [0.5, 0.6) is 11.5 Å². The Labute approximate surface area is 490 Å². The quantitative estimate of drug-likeness (QED) is 0.108. The molecule has 0 atom stereocenters. The first-order chi connectivity index (χ1) is 37.3. The third-order valence-electron chi connectivity index (χ3n) is 14.6. The monoisotopic (exact) mass is 1240 g/mol. The van der Waals surface area contributed by atoms with Crippen molar-refractivity contribution in [3.8, 4) is 28.4 Å². The molecule has 11 rings (SSSR count). The smallest absolute Gasteiger partial charge is 0.468 e. The first kappa shape index (κ1) is 57.7. The molecule has 0 unspecified atom stereocenters. The SMILES string of the molecule is CC(C)(C)B1OB(c2cccc(B3OB(C(C)(C)C)OB(C(C)(C)C)O3)c2N2[CH-]N(c3[c-]c(Oc4[c-]c5c(cc4)c4cc(-c6ccccc6)ccc4n5-c4cc(C(C)(C)C)ccn4)ccc3)c3ccccc32)OB(C(C)(C)C)O1.[Pt]. The summed E-state index contributed by atoms with van der Waals surface area (Å²) in [5.41, 5.74) is 10.3. The number of rotatable bonds is 8. The summed E-state index contributed by atoms with van der Waals surface area (Å²) in [6.45, 7) is 34.2. The van der Waals surface area contributed by atoms with Gasteiger partial charge in [-0.05, 0) is 79.1 Å². The van der Waals surface area contributed by atoms with E-state index < -0.39 is 42.7 Å². The summed E-state index contributed by atoms with van der Waals surface area (Å²) >= 11 is 0. The van der Waals surface area contributed by atoms with Gasteiger partial charge >= 0.3 is 42.7 Å². The summed E-state index contributed by atoms with van der Waals surface area (Å²) in [5.74, 6) is 1.88. The van der Waals surface area contributed by atoms with Gasteiger partial charge in [-0.3, -0.25) is 0 Å². The van der Waals surface area contributed by atoms with Crippen molar-refractivity contribution in [1.29, 1.82) is 0 Å². The van der Waals surface area contributed by atoms with E-state index in [-0.39, 0.29) is 47.7 Å². The molecule has 3 aliphatic rings.